The molecule has 1 aliphatic heterocycles. The molecule has 0 aromatic carbocycles. The van der Waals surface area contributed by atoms with Gasteiger partial charge in [-0.15, -0.1) is 0 Å². The largest absolute Gasteiger partial charge is 0.394 e. The molecule has 5 aliphatic carbocycles. The Kier molecular flexibility index (Phi) is 7.71. The molecule has 7 heteroatoms. The van der Waals surface area contributed by atoms with Gasteiger partial charge in [-0.1, -0.05) is 67.0 Å². The van der Waals surface area contributed by atoms with Gasteiger partial charge in [-0.3, -0.25) is 0 Å². The summed E-state index contributed by atoms with van der Waals surface area (Å²) in [4.78, 5) is 0. The summed E-state index contributed by atoms with van der Waals surface area (Å²) < 4.78 is 12.3. The maximum Gasteiger partial charge on any atom is 0.186 e. The Labute approximate surface area is 259 Å². The summed E-state index contributed by atoms with van der Waals surface area (Å²) in [6.45, 7) is 18.9. The van der Waals surface area contributed by atoms with Crippen molar-refractivity contribution in [3.8, 4) is 0 Å². The van der Waals surface area contributed by atoms with Gasteiger partial charge in [0.2, 0.25) is 0 Å². The van der Waals surface area contributed by atoms with Gasteiger partial charge in [0.1, 0.15) is 24.4 Å². The number of aliphatic hydroxyl groups is 5. The molecule has 0 aromatic heterocycles. The summed E-state index contributed by atoms with van der Waals surface area (Å²) in [7, 11) is 0. The molecule has 14 atom stereocenters. The number of ether oxygens (including phenoxy) is 2. The zero-order chi connectivity index (χ0) is 31.5. The van der Waals surface area contributed by atoms with Gasteiger partial charge in [-0.05, 0) is 103 Å². The molecule has 1 saturated heterocycles. The summed E-state index contributed by atoms with van der Waals surface area (Å²) in [5.74, 6) is 1.41. The molecule has 14 unspecified atom stereocenters. The summed E-state index contributed by atoms with van der Waals surface area (Å²) >= 11 is 0. The fourth-order valence-electron chi connectivity index (χ4n) is 12.2. The van der Waals surface area contributed by atoms with Gasteiger partial charge in [0.25, 0.3) is 0 Å². The van der Waals surface area contributed by atoms with Gasteiger partial charge in [0.15, 0.2) is 6.29 Å². The molecule has 5 N–H and O–H groups in total. The molecule has 0 spiro atoms. The van der Waals surface area contributed by atoms with Gasteiger partial charge in [0.05, 0.1) is 18.8 Å². The fourth-order valence-corrected chi connectivity index (χ4v) is 12.2. The second-order valence-corrected chi connectivity index (χ2v) is 18.1. The van der Waals surface area contributed by atoms with Crippen LogP contribution in [-0.4, -0.2) is 75.1 Å². The van der Waals surface area contributed by atoms with Crippen molar-refractivity contribution < 1.29 is 35.0 Å². The summed E-state index contributed by atoms with van der Waals surface area (Å²) in [5, 5.41) is 52.5. The maximum absolute atomic E-state index is 11.4. The highest BCUT2D eigenvalue weighted by Crippen LogP contribution is 2.75. The van der Waals surface area contributed by atoms with Crippen LogP contribution in [0.3, 0.4) is 0 Å². The van der Waals surface area contributed by atoms with E-state index < -0.39 is 37.3 Å². The second-order valence-electron chi connectivity index (χ2n) is 18.1. The van der Waals surface area contributed by atoms with E-state index in [9.17, 15) is 25.5 Å². The minimum atomic E-state index is -1.43. The highest BCUT2D eigenvalue weighted by Gasteiger charge is 2.69. The first-order valence-electron chi connectivity index (χ1n) is 17.2. The van der Waals surface area contributed by atoms with E-state index in [1.165, 1.54) is 0 Å². The second kappa shape index (κ2) is 10.2. The molecule has 7 nitrogen and oxygen atoms in total. The Balaban J connectivity index is 1.28. The molecule has 246 valence electrons. The quantitative estimate of drug-likeness (QED) is 0.228. The first-order chi connectivity index (χ1) is 19.9. The lowest BCUT2D eigenvalue weighted by atomic mass is 9.33. The van der Waals surface area contributed by atoms with Gasteiger partial charge in [0, 0.05) is 5.41 Å². The molecule has 6 rings (SSSR count). The van der Waals surface area contributed by atoms with Crippen molar-refractivity contribution in [3.63, 3.8) is 0 Å². The SMILES string of the molecule is CC1(C)CC(O)C2(C)CCC3(C)C(=CCC4C5(C)CCC(OC6OC(CO)C(O)C(O)C6O)C(C)(C)C5CCC43C)C2C1. The molecule has 0 amide bonds. The van der Waals surface area contributed by atoms with Gasteiger partial charge < -0.3 is 35.0 Å². The summed E-state index contributed by atoms with van der Waals surface area (Å²) in [5.41, 5.74) is 1.99. The van der Waals surface area contributed by atoms with Crippen molar-refractivity contribution in [1.82, 2.24) is 0 Å². The van der Waals surface area contributed by atoms with Gasteiger partial charge >= 0.3 is 0 Å². The summed E-state index contributed by atoms with van der Waals surface area (Å²) in [6.07, 6.45) is 5.47. The third kappa shape index (κ3) is 4.45. The molecule has 1 heterocycles. The van der Waals surface area contributed by atoms with Crippen LogP contribution in [0.4, 0.5) is 0 Å². The Morgan fingerprint density at radius 1 is 0.791 bits per heavy atom. The van der Waals surface area contributed by atoms with Crippen molar-refractivity contribution in [2.75, 3.05) is 6.61 Å². The molecule has 0 bridgehead atoms. The van der Waals surface area contributed by atoms with Crippen molar-refractivity contribution in [2.45, 2.75) is 156 Å². The monoisotopic (exact) mass is 604 g/mol. The number of aliphatic hydroxyl groups excluding tert-OH is 5. The normalized spacial score (nSPS) is 55.7. The third-order valence-corrected chi connectivity index (χ3v) is 15.2. The van der Waals surface area contributed by atoms with Crippen molar-refractivity contribution in [1.29, 1.82) is 0 Å². The van der Waals surface area contributed by atoms with Gasteiger partial charge in [-0.2, -0.15) is 0 Å². The minimum Gasteiger partial charge on any atom is -0.394 e. The molecular formula is C36H60O7. The lowest BCUT2D eigenvalue weighted by molar-refractivity contribution is -0.330. The average Bonchev–Trinajstić information content (AvgIpc) is 2.92. The van der Waals surface area contributed by atoms with Crippen molar-refractivity contribution in [3.05, 3.63) is 11.6 Å². The van der Waals surface area contributed by atoms with E-state index in [1.807, 2.05) is 0 Å². The molecule has 0 radical (unpaired) electrons. The lowest BCUT2D eigenvalue weighted by Gasteiger charge is -2.71. The number of rotatable bonds is 3. The zero-order valence-corrected chi connectivity index (χ0v) is 28.0. The smallest absolute Gasteiger partial charge is 0.186 e. The fraction of sp³-hybridized carbons (Fsp3) is 0.944. The van der Waals surface area contributed by atoms with E-state index in [4.69, 9.17) is 9.47 Å². The predicted molar refractivity (Wildman–Crippen MR) is 165 cm³/mol. The number of fused-ring (bicyclic) bond motifs is 7. The number of allylic oxidation sites excluding steroid dienone is 2. The molecule has 6 aliphatic rings. The van der Waals surface area contributed by atoms with E-state index in [-0.39, 0.29) is 44.7 Å². The van der Waals surface area contributed by atoms with Crippen LogP contribution in [0.5, 0.6) is 0 Å². The molecule has 0 aromatic rings. The molecule has 5 fully saturated rings. The Bertz CT molecular complexity index is 1120. The van der Waals surface area contributed by atoms with Crippen LogP contribution in [0.15, 0.2) is 11.6 Å². The minimum absolute atomic E-state index is 0.0348. The topological polar surface area (TPSA) is 120 Å². The first kappa shape index (κ1) is 32.4. The first-order valence-corrected chi connectivity index (χ1v) is 17.2. The van der Waals surface area contributed by atoms with Crippen molar-refractivity contribution in [2.24, 2.45) is 50.2 Å². The van der Waals surface area contributed by atoms with Crippen LogP contribution in [0.1, 0.15) is 113 Å². The van der Waals surface area contributed by atoms with Crippen LogP contribution < -0.4 is 0 Å². The highest BCUT2D eigenvalue weighted by molar-refractivity contribution is 5.34. The van der Waals surface area contributed by atoms with E-state index in [1.54, 1.807) is 5.57 Å². The third-order valence-electron chi connectivity index (χ3n) is 15.2. The number of hydrogen-bond donors (Lipinski definition) is 5. The lowest BCUT2D eigenvalue weighted by Crippen LogP contribution is -2.66. The van der Waals surface area contributed by atoms with Crippen LogP contribution >= 0.6 is 0 Å². The zero-order valence-electron chi connectivity index (χ0n) is 28.0. The van der Waals surface area contributed by atoms with E-state index in [0.29, 0.717) is 17.8 Å². The van der Waals surface area contributed by atoms with E-state index >= 15 is 0 Å². The molecular weight excluding hydrogens is 544 g/mol. The van der Waals surface area contributed by atoms with Crippen molar-refractivity contribution >= 4 is 0 Å². The Hall–Kier alpha value is -0.540. The number of hydrogen-bond acceptors (Lipinski definition) is 7. The Morgan fingerprint density at radius 3 is 2.16 bits per heavy atom. The highest BCUT2D eigenvalue weighted by atomic mass is 16.7. The Morgan fingerprint density at radius 2 is 1.49 bits per heavy atom. The predicted octanol–water partition coefficient (Wildman–Crippen LogP) is 4.96. The van der Waals surface area contributed by atoms with Gasteiger partial charge in [-0.25, -0.2) is 0 Å². The van der Waals surface area contributed by atoms with E-state index in [0.717, 1.165) is 57.8 Å². The van der Waals surface area contributed by atoms with Crippen LogP contribution in [0, 0.1) is 50.2 Å². The molecule has 4 saturated carbocycles. The molecule has 43 heavy (non-hydrogen) atoms. The standard InChI is InChI=1S/C36H60O7/c1-31(2)17-21-20-9-10-24-34(6)13-12-26(43-30-29(41)28(40)27(39)22(19-37)42-30)32(3,4)23(34)11-14-36(24,8)35(20,7)16-15-33(21,5)25(38)18-31/h9,21-30,37-41H,10-19H2,1-8H3. The average molecular weight is 605 g/mol. The van der Waals surface area contributed by atoms with Crippen LogP contribution in [0.2, 0.25) is 0 Å². The maximum atomic E-state index is 11.4. The van der Waals surface area contributed by atoms with Crippen LogP contribution in [0.25, 0.3) is 0 Å². The van der Waals surface area contributed by atoms with E-state index in [2.05, 4.69) is 61.5 Å². The summed E-state index contributed by atoms with van der Waals surface area (Å²) in [6, 6.07) is 0. The van der Waals surface area contributed by atoms with Crippen LogP contribution in [-0.2, 0) is 9.47 Å².